The Morgan fingerprint density at radius 2 is 2.05 bits per heavy atom. The second-order valence-corrected chi connectivity index (χ2v) is 5.89. The van der Waals surface area contributed by atoms with E-state index in [0.29, 0.717) is 0 Å². The molecule has 1 N–H and O–H groups in total. The molecule has 2 heterocycles. The number of hydrogen-bond acceptors (Lipinski definition) is 3. The minimum Gasteiger partial charge on any atom is -0.369 e. The molecule has 0 unspecified atom stereocenters. The Labute approximate surface area is 116 Å². The van der Waals surface area contributed by atoms with E-state index in [2.05, 4.69) is 30.1 Å². The number of anilines is 1. The number of pyridine rings is 1. The van der Waals surface area contributed by atoms with Crippen LogP contribution in [0.5, 0.6) is 0 Å². The van der Waals surface area contributed by atoms with Crippen molar-refractivity contribution in [3.8, 4) is 0 Å². The molecule has 0 spiro atoms. The van der Waals surface area contributed by atoms with Crippen LogP contribution in [0.15, 0.2) is 6.07 Å². The van der Waals surface area contributed by atoms with Crippen LogP contribution < -0.4 is 10.2 Å². The zero-order valence-electron chi connectivity index (χ0n) is 12.2. The highest BCUT2D eigenvalue weighted by molar-refractivity contribution is 5.57. The van der Waals surface area contributed by atoms with E-state index in [0.717, 1.165) is 38.5 Å². The monoisotopic (exact) mass is 259 g/mol. The standard InChI is InChI=1S/C16H25N3/c1-3-4-14-12(2)18-15(13-5-6-13)11-16(14)19-9-7-17-8-10-19/h11,13,17H,3-10H2,1-2H3. The third-order valence-electron chi connectivity index (χ3n) is 4.28. The molecule has 0 aromatic carbocycles. The van der Waals surface area contributed by atoms with E-state index in [-0.39, 0.29) is 0 Å². The molecular weight excluding hydrogens is 234 g/mol. The summed E-state index contributed by atoms with van der Waals surface area (Å²) in [5.74, 6) is 0.746. The Morgan fingerprint density at radius 1 is 1.32 bits per heavy atom. The molecule has 2 fully saturated rings. The Kier molecular flexibility index (Phi) is 3.74. The fourth-order valence-corrected chi connectivity index (χ4v) is 3.04. The van der Waals surface area contributed by atoms with Crippen molar-refractivity contribution in [1.29, 1.82) is 0 Å². The summed E-state index contributed by atoms with van der Waals surface area (Å²) in [6.45, 7) is 8.92. The number of aromatic nitrogens is 1. The molecule has 1 saturated heterocycles. The lowest BCUT2D eigenvalue weighted by molar-refractivity contribution is 0.586. The van der Waals surface area contributed by atoms with Gasteiger partial charge in [0, 0.05) is 49.2 Å². The van der Waals surface area contributed by atoms with Gasteiger partial charge in [-0.05, 0) is 37.8 Å². The Bertz CT molecular complexity index is 446. The molecule has 1 aromatic rings. The first-order valence-electron chi connectivity index (χ1n) is 7.75. The van der Waals surface area contributed by atoms with Gasteiger partial charge in [-0.2, -0.15) is 0 Å². The van der Waals surface area contributed by atoms with Crippen molar-refractivity contribution in [1.82, 2.24) is 10.3 Å². The number of nitrogens with zero attached hydrogens (tertiary/aromatic N) is 2. The first-order chi connectivity index (χ1) is 9.29. The molecule has 3 rings (SSSR count). The highest BCUT2D eigenvalue weighted by Crippen LogP contribution is 2.41. The van der Waals surface area contributed by atoms with Gasteiger partial charge in [-0.25, -0.2) is 0 Å². The van der Waals surface area contributed by atoms with Gasteiger partial charge in [0.05, 0.1) is 0 Å². The predicted octanol–water partition coefficient (Wildman–Crippen LogP) is 2.63. The molecule has 1 aliphatic carbocycles. The summed E-state index contributed by atoms with van der Waals surface area (Å²) in [4.78, 5) is 7.42. The number of nitrogens with one attached hydrogen (secondary N) is 1. The van der Waals surface area contributed by atoms with Gasteiger partial charge >= 0.3 is 0 Å². The van der Waals surface area contributed by atoms with Gasteiger partial charge in [-0.1, -0.05) is 13.3 Å². The highest BCUT2D eigenvalue weighted by atomic mass is 15.2. The van der Waals surface area contributed by atoms with Crippen molar-refractivity contribution in [2.75, 3.05) is 31.1 Å². The minimum atomic E-state index is 0.746. The fourth-order valence-electron chi connectivity index (χ4n) is 3.04. The molecule has 19 heavy (non-hydrogen) atoms. The molecular formula is C16H25N3. The topological polar surface area (TPSA) is 28.2 Å². The van der Waals surface area contributed by atoms with Gasteiger partial charge in [0.25, 0.3) is 0 Å². The molecule has 0 amide bonds. The maximum Gasteiger partial charge on any atom is 0.0458 e. The number of aryl methyl sites for hydroxylation is 1. The van der Waals surface area contributed by atoms with Crippen LogP contribution in [-0.2, 0) is 6.42 Å². The van der Waals surface area contributed by atoms with E-state index in [4.69, 9.17) is 4.98 Å². The summed E-state index contributed by atoms with van der Waals surface area (Å²) >= 11 is 0. The van der Waals surface area contributed by atoms with Crippen molar-refractivity contribution in [2.45, 2.75) is 45.4 Å². The zero-order valence-corrected chi connectivity index (χ0v) is 12.2. The SMILES string of the molecule is CCCc1c(N2CCNCC2)cc(C2CC2)nc1C. The fraction of sp³-hybridized carbons (Fsp3) is 0.688. The first kappa shape index (κ1) is 12.9. The van der Waals surface area contributed by atoms with Crippen molar-refractivity contribution < 1.29 is 0 Å². The van der Waals surface area contributed by atoms with Gasteiger partial charge in [-0.15, -0.1) is 0 Å². The van der Waals surface area contributed by atoms with Crippen molar-refractivity contribution >= 4 is 5.69 Å². The summed E-state index contributed by atoms with van der Waals surface area (Å²) in [7, 11) is 0. The molecule has 1 saturated carbocycles. The number of piperazine rings is 1. The summed E-state index contributed by atoms with van der Waals surface area (Å²) < 4.78 is 0. The lowest BCUT2D eigenvalue weighted by atomic mass is 10.0. The normalized spacial score (nSPS) is 19.8. The van der Waals surface area contributed by atoms with Gasteiger partial charge in [-0.3, -0.25) is 4.98 Å². The molecule has 1 aliphatic heterocycles. The van der Waals surface area contributed by atoms with E-state index < -0.39 is 0 Å². The van der Waals surface area contributed by atoms with Crippen LogP contribution in [0.2, 0.25) is 0 Å². The molecule has 104 valence electrons. The highest BCUT2D eigenvalue weighted by Gasteiger charge is 2.27. The summed E-state index contributed by atoms with van der Waals surface area (Å²) in [6.07, 6.45) is 5.02. The Hall–Kier alpha value is -1.09. The van der Waals surface area contributed by atoms with Crippen LogP contribution in [0.1, 0.15) is 49.1 Å². The van der Waals surface area contributed by atoms with E-state index >= 15 is 0 Å². The van der Waals surface area contributed by atoms with Crippen LogP contribution in [0.25, 0.3) is 0 Å². The van der Waals surface area contributed by atoms with Gasteiger partial charge in [0.15, 0.2) is 0 Å². The molecule has 1 aromatic heterocycles. The van der Waals surface area contributed by atoms with Crippen LogP contribution in [0.4, 0.5) is 5.69 Å². The van der Waals surface area contributed by atoms with E-state index in [1.807, 2.05) is 0 Å². The lowest BCUT2D eigenvalue weighted by Gasteiger charge is -2.32. The largest absolute Gasteiger partial charge is 0.369 e. The Balaban J connectivity index is 1.96. The quantitative estimate of drug-likeness (QED) is 0.901. The molecule has 3 heteroatoms. The number of rotatable bonds is 4. The van der Waals surface area contributed by atoms with Crippen LogP contribution in [0, 0.1) is 6.92 Å². The maximum absolute atomic E-state index is 4.87. The van der Waals surface area contributed by atoms with Crippen molar-refractivity contribution in [2.24, 2.45) is 0 Å². The predicted molar refractivity (Wildman–Crippen MR) is 80.0 cm³/mol. The maximum atomic E-state index is 4.87. The molecule has 0 bridgehead atoms. The van der Waals surface area contributed by atoms with Gasteiger partial charge in [0.1, 0.15) is 0 Å². The zero-order chi connectivity index (χ0) is 13.2. The van der Waals surface area contributed by atoms with E-state index in [1.54, 1.807) is 0 Å². The third kappa shape index (κ3) is 2.76. The van der Waals surface area contributed by atoms with Crippen LogP contribution >= 0.6 is 0 Å². The lowest BCUT2D eigenvalue weighted by Crippen LogP contribution is -2.44. The average molecular weight is 259 g/mol. The molecule has 0 radical (unpaired) electrons. The van der Waals surface area contributed by atoms with Gasteiger partial charge in [0.2, 0.25) is 0 Å². The van der Waals surface area contributed by atoms with E-state index in [1.165, 1.54) is 41.9 Å². The average Bonchev–Trinajstić information content (AvgIpc) is 3.26. The summed E-state index contributed by atoms with van der Waals surface area (Å²) in [5.41, 5.74) is 5.55. The van der Waals surface area contributed by atoms with Gasteiger partial charge < -0.3 is 10.2 Å². The van der Waals surface area contributed by atoms with Crippen LogP contribution in [0.3, 0.4) is 0 Å². The molecule has 2 aliphatic rings. The second-order valence-electron chi connectivity index (χ2n) is 5.89. The molecule has 0 atom stereocenters. The Morgan fingerprint density at radius 3 is 2.68 bits per heavy atom. The smallest absolute Gasteiger partial charge is 0.0458 e. The number of hydrogen-bond donors (Lipinski definition) is 1. The summed E-state index contributed by atoms with van der Waals surface area (Å²) in [6, 6.07) is 2.39. The van der Waals surface area contributed by atoms with Crippen molar-refractivity contribution in [3.05, 3.63) is 23.0 Å². The first-order valence-corrected chi connectivity index (χ1v) is 7.75. The minimum absolute atomic E-state index is 0.746. The second kappa shape index (κ2) is 5.49. The molecule has 3 nitrogen and oxygen atoms in total. The van der Waals surface area contributed by atoms with Crippen LogP contribution in [-0.4, -0.2) is 31.2 Å². The summed E-state index contributed by atoms with van der Waals surface area (Å²) in [5, 5.41) is 3.44. The van der Waals surface area contributed by atoms with E-state index in [9.17, 15) is 0 Å². The third-order valence-corrected chi connectivity index (χ3v) is 4.28. The van der Waals surface area contributed by atoms with Crippen molar-refractivity contribution in [3.63, 3.8) is 0 Å².